The predicted octanol–water partition coefficient (Wildman–Crippen LogP) is 3.35. The highest BCUT2D eigenvalue weighted by atomic mass is 16.5. The highest BCUT2D eigenvalue weighted by molar-refractivity contribution is 5.61. The summed E-state index contributed by atoms with van der Waals surface area (Å²) in [4.78, 5) is 2.52. The largest absolute Gasteiger partial charge is 0.495 e. The zero-order chi connectivity index (χ0) is 16.1. The minimum absolute atomic E-state index is 0.510. The summed E-state index contributed by atoms with van der Waals surface area (Å²) in [5, 5.41) is 3.60. The molecule has 0 aromatic heterocycles. The van der Waals surface area contributed by atoms with E-state index in [9.17, 15) is 0 Å². The minimum Gasteiger partial charge on any atom is -0.495 e. The predicted molar refractivity (Wildman–Crippen MR) is 95.8 cm³/mol. The fourth-order valence-electron chi connectivity index (χ4n) is 3.11. The van der Waals surface area contributed by atoms with Gasteiger partial charge in [0.25, 0.3) is 0 Å². The number of methoxy groups -OCH3 is 1. The number of nitrogen functional groups attached to an aromatic ring is 1. The summed E-state index contributed by atoms with van der Waals surface area (Å²) in [6, 6.07) is 17.1. The van der Waals surface area contributed by atoms with Crippen molar-refractivity contribution in [3.63, 3.8) is 0 Å². The summed E-state index contributed by atoms with van der Waals surface area (Å²) in [5.74, 6) is 0.733. The van der Waals surface area contributed by atoms with E-state index in [4.69, 9.17) is 10.5 Å². The standard InChI is InChI=1S/C19H25N3O/c1-23-19-13-17(7-8-18(19)20)21-16-9-11-22(12-10-16)14-15-5-3-2-4-6-15/h2-8,13,16,21H,9-12,14,20H2,1H3. The molecule has 1 heterocycles. The zero-order valence-electron chi connectivity index (χ0n) is 13.7. The fraction of sp³-hybridized carbons (Fsp3) is 0.368. The normalized spacial score (nSPS) is 16.2. The Balaban J connectivity index is 1.51. The molecule has 0 saturated carbocycles. The molecule has 1 saturated heterocycles. The van der Waals surface area contributed by atoms with E-state index >= 15 is 0 Å². The van der Waals surface area contributed by atoms with Gasteiger partial charge in [-0.3, -0.25) is 4.90 Å². The van der Waals surface area contributed by atoms with Gasteiger partial charge in [-0.1, -0.05) is 30.3 Å². The van der Waals surface area contributed by atoms with Crippen LogP contribution in [0.5, 0.6) is 5.75 Å². The molecule has 2 aromatic rings. The van der Waals surface area contributed by atoms with E-state index < -0.39 is 0 Å². The van der Waals surface area contributed by atoms with Gasteiger partial charge in [0.15, 0.2) is 0 Å². The minimum atomic E-state index is 0.510. The van der Waals surface area contributed by atoms with Gasteiger partial charge in [-0.05, 0) is 30.5 Å². The van der Waals surface area contributed by atoms with Crippen LogP contribution in [0.3, 0.4) is 0 Å². The number of hydrogen-bond acceptors (Lipinski definition) is 4. The van der Waals surface area contributed by atoms with Crippen LogP contribution in [0.1, 0.15) is 18.4 Å². The average Bonchev–Trinajstić information content (AvgIpc) is 2.59. The Bertz CT molecular complexity index is 622. The molecule has 4 heteroatoms. The molecule has 0 spiro atoms. The summed E-state index contributed by atoms with van der Waals surface area (Å²) in [5.41, 5.74) is 9.01. The molecule has 0 radical (unpaired) electrons. The molecule has 4 nitrogen and oxygen atoms in total. The maximum atomic E-state index is 5.87. The molecule has 1 aliphatic heterocycles. The first-order valence-corrected chi connectivity index (χ1v) is 8.21. The first-order valence-electron chi connectivity index (χ1n) is 8.21. The van der Waals surface area contributed by atoms with Gasteiger partial charge < -0.3 is 15.8 Å². The lowest BCUT2D eigenvalue weighted by Crippen LogP contribution is -2.38. The Morgan fingerprint density at radius 2 is 1.87 bits per heavy atom. The first-order chi connectivity index (χ1) is 11.2. The van der Waals surface area contributed by atoms with Crippen molar-refractivity contribution in [2.45, 2.75) is 25.4 Å². The molecule has 3 N–H and O–H groups in total. The molecule has 1 aliphatic rings. The molecule has 0 atom stereocenters. The van der Waals surface area contributed by atoms with Crippen LogP contribution in [0, 0.1) is 0 Å². The number of anilines is 2. The summed E-state index contributed by atoms with van der Waals surface area (Å²) in [6.45, 7) is 3.29. The van der Waals surface area contributed by atoms with E-state index in [-0.39, 0.29) is 0 Å². The third kappa shape index (κ3) is 4.17. The second kappa shape index (κ2) is 7.38. The molecule has 122 valence electrons. The molecule has 1 fully saturated rings. The maximum absolute atomic E-state index is 5.87. The third-order valence-electron chi connectivity index (χ3n) is 4.44. The van der Waals surface area contributed by atoms with Crippen LogP contribution in [0.15, 0.2) is 48.5 Å². The van der Waals surface area contributed by atoms with E-state index in [1.54, 1.807) is 7.11 Å². The van der Waals surface area contributed by atoms with Crippen molar-refractivity contribution >= 4 is 11.4 Å². The highest BCUT2D eigenvalue weighted by Crippen LogP contribution is 2.26. The average molecular weight is 311 g/mol. The number of hydrogen-bond donors (Lipinski definition) is 2. The van der Waals surface area contributed by atoms with Crippen LogP contribution in [0.2, 0.25) is 0 Å². The van der Waals surface area contributed by atoms with Gasteiger partial charge in [-0.25, -0.2) is 0 Å². The van der Waals surface area contributed by atoms with E-state index in [0.717, 1.165) is 43.9 Å². The van der Waals surface area contributed by atoms with Gasteiger partial charge in [0.2, 0.25) is 0 Å². The van der Waals surface area contributed by atoms with Gasteiger partial charge >= 0.3 is 0 Å². The summed E-state index contributed by atoms with van der Waals surface area (Å²) in [7, 11) is 1.65. The van der Waals surface area contributed by atoms with E-state index in [1.165, 1.54) is 5.56 Å². The SMILES string of the molecule is COc1cc(NC2CCN(Cc3ccccc3)CC2)ccc1N. The van der Waals surface area contributed by atoms with Crippen LogP contribution in [-0.4, -0.2) is 31.1 Å². The second-order valence-electron chi connectivity index (χ2n) is 6.14. The quantitative estimate of drug-likeness (QED) is 0.831. The molecular weight excluding hydrogens is 286 g/mol. The Hall–Kier alpha value is -2.20. The van der Waals surface area contributed by atoms with Crippen molar-refractivity contribution in [1.29, 1.82) is 0 Å². The van der Waals surface area contributed by atoms with E-state index in [1.807, 2.05) is 18.2 Å². The zero-order valence-corrected chi connectivity index (χ0v) is 13.7. The van der Waals surface area contributed by atoms with Gasteiger partial charge in [0.1, 0.15) is 5.75 Å². The lowest BCUT2D eigenvalue weighted by Gasteiger charge is -2.33. The Morgan fingerprint density at radius 1 is 1.13 bits per heavy atom. The van der Waals surface area contributed by atoms with Gasteiger partial charge in [-0.2, -0.15) is 0 Å². The summed E-state index contributed by atoms with van der Waals surface area (Å²) in [6.07, 6.45) is 2.30. The molecule has 0 amide bonds. The molecule has 2 aromatic carbocycles. The van der Waals surface area contributed by atoms with Crippen molar-refractivity contribution in [3.05, 3.63) is 54.1 Å². The molecule has 0 unspecified atom stereocenters. The van der Waals surface area contributed by atoms with Crippen LogP contribution in [0.4, 0.5) is 11.4 Å². The smallest absolute Gasteiger partial charge is 0.143 e. The summed E-state index contributed by atoms with van der Waals surface area (Å²) >= 11 is 0. The number of nitrogens with zero attached hydrogens (tertiary/aromatic N) is 1. The van der Waals surface area contributed by atoms with Crippen LogP contribution in [0.25, 0.3) is 0 Å². The van der Waals surface area contributed by atoms with E-state index in [0.29, 0.717) is 11.7 Å². The highest BCUT2D eigenvalue weighted by Gasteiger charge is 2.19. The second-order valence-corrected chi connectivity index (χ2v) is 6.14. The Labute approximate surface area is 138 Å². The lowest BCUT2D eigenvalue weighted by molar-refractivity contribution is 0.211. The number of benzene rings is 2. The molecule has 0 aliphatic carbocycles. The van der Waals surface area contributed by atoms with Gasteiger partial charge in [0.05, 0.1) is 12.8 Å². The number of ether oxygens (including phenoxy) is 1. The Morgan fingerprint density at radius 3 is 2.57 bits per heavy atom. The summed E-state index contributed by atoms with van der Waals surface area (Å²) < 4.78 is 5.29. The van der Waals surface area contributed by atoms with Crippen molar-refractivity contribution in [3.8, 4) is 5.75 Å². The van der Waals surface area contributed by atoms with Crippen LogP contribution < -0.4 is 15.8 Å². The van der Waals surface area contributed by atoms with E-state index in [2.05, 4.69) is 40.5 Å². The van der Waals surface area contributed by atoms with Gasteiger partial charge in [0, 0.05) is 37.4 Å². The first kappa shape index (κ1) is 15.7. The Kier molecular flexibility index (Phi) is 5.03. The third-order valence-corrected chi connectivity index (χ3v) is 4.44. The van der Waals surface area contributed by atoms with Crippen molar-refractivity contribution in [2.75, 3.05) is 31.2 Å². The number of nitrogens with one attached hydrogen (secondary N) is 1. The number of nitrogens with two attached hydrogens (primary N) is 1. The van der Waals surface area contributed by atoms with Crippen LogP contribution >= 0.6 is 0 Å². The van der Waals surface area contributed by atoms with Crippen molar-refractivity contribution in [2.24, 2.45) is 0 Å². The number of likely N-dealkylation sites (tertiary alicyclic amines) is 1. The van der Waals surface area contributed by atoms with Gasteiger partial charge in [-0.15, -0.1) is 0 Å². The molecule has 23 heavy (non-hydrogen) atoms. The maximum Gasteiger partial charge on any atom is 0.143 e. The lowest BCUT2D eigenvalue weighted by atomic mass is 10.0. The topological polar surface area (TPSA) is 50.5 Å². The molecular formula is C19H25N3O. The molecule has 3 rings (SSSR count). The number of piperidine rings is 1. The van der Waals surface area contributed by atoms with Crippen molar-refractivity contribution < 1.29 is 4.74 Å². The monoisotopic (exact) mass is 311 g/mol. The number of rotatable bonds is 5. The van der Waals surface area contributed by atoms with Crippen LogP contribution in [-0.2, 0) is 6.54 Å². The molecule has 0 bridgehead atoms. The fourth-order valence-corrected chi connectivity index (χ4v) is 3.11. The van der Waals surface area contributed by atoms with Crippen molar-refractivity contribution in [1.82, 2.24) is 4.90 Å².